The molecule has 3 fully saturated rings. The van der Waals surface area contributed by atoms with Gasteiger partial charge in [-0.15, -0.1) is 0 Å². The van der Waals surface area contributed by atoms with Crippen LogP contribution in [0.15, 0.2) is 18.5 Å². The van der Waals surface area contributed by atoms with E-state index in [1.54, 1.807) is 17.9 Å². The SMILES string of the molecule is CNC(=O)c1ncc(N(O)c2ncc(F)c(N3C[C@H]4[C@@H](C)[C@@]4(NC(=O)C4CC4)C3)n2)cc1C. The van der Waals surface area contributed by atoms with Crippen molar-refractivity contribution in [3.05, 3.63) is 35.5 Å². The number of anilines is 3. The highest BCUT2D eigenvalue weighted by Gasteiger charge is 2.68. The van der Waals surface area contributed by atoms with Crippen LogP contribution in [0.3, 0.4) is 0 Å². The number of halogens is 1. The first kappa shape index (κ1) is 21.5. The van der Waals surface area contributed by atoms with Crippen LogP contribution in [-0.2, 0) is 4.79 Å². The van der Waals surface area contributed by atoms with Gasteiger partial charge >= 0.3 is 0 Å². The molecule has 0 bridgehead atoms. The first-order chi connectivity index (χ1) is 15.7. The van der Waals surface area contributed by atoms with Gasteiger partial charge in [0.05, 0.1) is 23.6 Å². The molecule has 3 N–H and O–H groups in total. The molecule has 174 valence electrons. The Hall–Kier alpha value is -3.34. The summed E-state index contributed by atoms with van der Waals surface area (Å²) < 4.78 is 14.7. The van der Waals surface area contributed by atoms with Crippen molar-refractivity contribution in [1.82, 2.24) is 25.6 Å². The van der Waals surface area contributed by atoms with Gasteiger partial charge in [0.25, 0.3) is 11.9 Å². The Bertz CT molecular complexity index is 1140. The molecule has 10 nitrogen and oxygen atoms in total. The van der Waals surface area contributed by atoms with Crippen LogP contribution in [0.1, 0.15) is 35.8 Å². The number of aromatic nitrogens is 3. The number of nitrogens with zero attached hydrogens (tertiary/aromatic N) is 5. The number of aryl methyl sites for hydroxylation is 1. The van der Waals surface area contributed by atoms with E-state index < -0.39 is 5.82 Å². The zero-order valence-electron chi connectivity index (χ0n) is 18.7. The van der Waals surface area contributed by atoms with Gasteiger partial charge in [0.15, 0.2) is 11.6 Å². The summed E-state index contributed by atoms with van der Waals surface area (Å²) in [6.07, 6.45) is 4.20. The molecular formula is C22H26FN7O3. The van der Waals surface area contributed by atoms with Crippen molar-refractivity contribution in [1.29, 1.82) is 0 Å². The Labute approximate surface area is 190 Å². The Balaban J connectivity index is 1.36. The maximum Gasteiger partial charge on any atom is 0.269 e. The molecule has 11 heteroatoms. The van der Waals surface area contributed by atoms with Crippen molar-refractivity contribution in [3.63, 3.8) is 0 Å². The first-order valence-electron chi connectivity index (χ1n) is 11.0. The minimum absolute atomic E-state index is 0.0742. The highest BCUT2D eigenvalue weighted by atomic mass is 19.1. The van der Waals surface area contributed by atoms with E-state index in [0.717, 1.165) is 19.0 Å². The molecule has 2 aromatic heterocycles. The van der Waals surface area contributed by atoms with Gasteiger partial charge in [0.1, 0.15) is 5.69 Å². The second-order valence-electron chi connectivity index (χ2n) is 9.17. The monoisotopic (exact) mass is 455 g/mol. The lowest BCUT2D eigenvalue weighted by atomic mass is 10.2. The van der Waals surface area contributed by atoms with Gasteiger partial charge < -0.3 is 15.5 Å². The summed E-state index contributed by atoms with van der Waals surface area (Å²) >= 11 is 0. The van der Waals surface area contributed by atoms with Crippen LogP contribution in [0.25, 0.3) is 0 Å². The minimum Gasteiger partial charge on any atom is -0.354 e. The fourth-order valence-corrected chi connectivity index (χ4v) is 4.83. The number of pyridine rings is 1. The normalized spacial score (nSPS) is 25.4. The number of piperidine rings is 1. The number of hydrogen-bond acceptors (Lipinski definition) is 8. The van der Waals surface area contributed by atoms with Gasteiger partial charge in [0.2, 0.25) is 5.91 Å². The van der Waals surface area contributed by atoms with Crippen molar-refractivity contribution in [2.75, 3.05) is 30.1 Å². The lowest BCUT2D eigenvalue weighted by Crippen LogP contribution is -2.45. The number of fused-ring (bicyclic) bond motifs is 1. The van der Waals surface area contributed by atoms with Crippen molar-refractivity contribution < 1.29 is 19.2 Å². The fraction of sp³-hybridized carbons (Fsp3) is 0.500. The predicted octanol–water partition coefficient (Wildman–Crippen LogP) is 1.56. The highest BCUT2D eigenvalue weighted by Crippen LogP contribution is 2.56. The molecule has 0 spiro atoms. The quantitative estimate of drug-likeness (QED) is 0.561. The number of hydrogen-bond donors (Lipinski definition) is 3. The molecule has 0 unspecified atom stereocenters. The highest BCUT2D eigenvalue weighted by molar-refractivity contribution is 5.93. The average molecular weight is 455 g/mol. The van der Waals surface area contributed by atoms with Crippen molar-refractivity contribution in [2.45, 2.75) is 32.2 Å². The molecule has 0 aromatic carbocycles. The van der Waals surface area contributed by atoms with E-state index in [1.807, 2.05) is 0 Å². The maximum atomic E-state index is 14.7. The molecule has 1 aliphatic heterocycles. The second kappa shape index (κ2) is 7.62. The van der Waals surface area contributed by atoms with Crippen molar-refractivity contribution in [3.8, 4) is 0 Å². The van der Waals surface area contributed by atoms with Gasteiger partial charge in [0, 0.05) is 32.0 Å². The Morgan fingerprint density at radius 2 is 2.06 bits per heavy atom. The predicted molar refractivity (Wildman–Crippen MR) is 117 cm³/mol. The summed E-state index contributed by atoms with van der Waals surface area (Å²) in [7, 11) is 1.51. The van der Waals surface area contributed by atoms with Gasteiger partial charge in [-0.1, -0.05) is 6.92 Å². The van der Waals surface area contributed by atoms with Crippen LogP contribution in [0.2, 0.25) is 0 Å². The molecule has 1 saturated heterocycles. The molecule has 2 aliphatic carbocycles. The van der Waals surface area contributed by atoms with Crippen LogP contribution >= 0.6 is 0 Å². The van der Waals surface area contributed by atoms with Crippen LogP contribution in [0, 0.1) is 30.5 Å². The third-order valence-electron chi connectivity index (χ3n) is 7.09. The van der Waals surface area contributed by atoms with Crippen LogP contribution in [-0.4, -0.2) is 57.6 Å². The molecular weight excluding hydrogens is 429 g/mol. The van der Waals surface area contributed by atoms with E-state index in [4.69, 9.17) is 0 Å². The Morgan fingerprint density at radius 1 is 1.30 bits per heavy atom. The lowest BCUT2D eigenvalue weighted by molar-refractivity contribution is -0.123. The first-order valence-corrected chi connectivity index (χ1v) is 11.0. The standard InChI is InChI=1S/C22H26FN7O3/c1-11-6-14(7-25-17(11)20(32)24-3)30(33)21-26-8-16(23)18(27-21)29-9-15-12(2)22(15,10-29)28-19(31)13-4-5-13/h6-8,12-13,15,33H,4-5,9-10H2,1-3H3,(H,24,32)(H,28,31)/t12-,15+,22+/m1/s1. The van der Waals surface area contributed by atoms with Gasteiger partial charge in [-0.3, -0.25) is 14.8 Å². The lowest BCUT2D eigenvalue weighted by Gasteiger charge is -2.25. The molecule has 0 radical (unpaired) electrons. The number of rotatable bonds is 6. The molecule has 33 heavy (non-hydrogen) atoms. The summed E-state index contributed by atoms with van der Waals surface area (Å²) in [5, 5.41) is 17.1. The summed E-state index contributed by atoms with van der Waals surface area (Å²) in [6, 6.07) is 1.57. The van der Waals surface area contributed by atoms with Gasteiger partial charge in [-0.05, 0) is 37.3 Å². The third kappa shape index (κ3) is 3.56. The minimum atomic E-state index is -0.603. The third-order valence-corrected chi connectivity index (χ3v) is 7.09. The number of carbonyl (C=O) groups excluding carboxylic acids is 2. The summed E-state index contributed by atoms with van der Waals surface area (Å²) in [6.45, 7) is 4.81. The van der Waals surface area contributed by atoms with Crippen LogP contribution in [0.5, 0.6) is 0 Å². The second-order valence-corrected chi connectivity index (χ2v) is 9.17. The van der Waals surface area contributed by atoms with Crippen molar-refractivity contribution in [2.24, 2.45) is 17.8 Å². The topological polar surface area (TPSA) is 124 Å². The Kier molecular flexibility index (Phi) is 4.96. The largest absolute Gasteiger partial charge is 0.354 e. The maximum absolute atomic E-state index is 14.7. The van der Waals surface area contributed by atoms with E-state index in [2.05, 4.69) is 32.5 Å². The van der Waals surface area contributed by atoms with Gasteiger partial charge in [-0.25, -0.2) is 14.4 Å². The average Bonchev–Trinajstić information content (AvgIpc) is 3.70. The number of nitrogens with one attached hydrogen (secondary N) is 2. The summed E-state index contributed by atoms with van der Waals surface area (Å²) in [5.74, 6) is -0.244. The Morgan fingerprint density at radius 3 is 2.73 bits per heavy atom. The molecule has 5 rings (SSSR count). The van der Waals surface area contributed by atoms with E-state index in [9.17, 15) is 19.2 Å². The van der Waals surface area contributed by atoms with E-state index in [-0.39, 0.29) is 52.3 Å². The number of carbonyl (C=O) groups is 2. The van der Waals surface area contributed by atoms with E-state index in [0.29, 0.717) is 29.6 Å². The fourth-order valence-electron chi connectivity index (χ4n) is 4.83. The van der Waals surface area contributed by atoms with E-state index in [1.165, 1.54) is 13.2 Å². The van der Waals surface area contributed by atoms with Gasteiger partial charge in [-0.2, -0.15) is 10.0 Å². The molecule has 3 atom stereocenters. The van der Waals surface area contributed by atoms with Crippen LogP contribution < -0.4 is 20.6 Å². The summed E-state index contributed by atoms with van der Waals surface area (Å²) in [4.78, 5) is 38.3. The molecule has 2 saturated carbocycles. The smallest absolute Gasteiger partial charge is 0.269 e. The van der Waals surface area contributed by atoms with E-state index >= 15 is 0 Å². The molecule has 2 aromatic rings. The van der Waals surface area contributed by atoms with Crippen molar-refractivity contribution >= 4 is 29.3 Å². The zero-order valence-corrected chi connectivity index (χ0v) is 18.7. The van der Waals surface area contributed by atoms with Crippen LogP contribution in [0.4, 0.5) is 21.8 Å². The molecule has 3 heterocycles. The zero-order chi connectivity index (χ0) is 23.5. The number of amides is 2. The summed E-state index contributed by atoms with van der Waals surface area (Å²) in [5.41, 5.74) is 0.672. The molecule has 3 aliphatic rings. The molecule has 2 amide bonds.